The minimum atomic E-state index is -0.399. The van der Waals surface area contributed by atoms with Crippen LogP contribution in [-0.4, -0.2) is 42.3 Å². The van der Waals surface area contributed by atoms with Crippen LogP contribution in [0.15, 0.2) is 0 Å². The number of amides is 1. The van der Waals surface area contributed by atoms with Crippen molar-refractivity contribution < 1.29 is 9.90 Å². The summed E-state index contributed by atoms with van der Waals surface area (Å²) in [5.74, 6) is -0.0745. The SMILES string of the molecule is C[C@@H](CN)NC(=O)[C@H]1C[C@@H](O)CN1.Cl. The van der Waals surface area contributed by atoms with Crippen molar-refractivity contribution in [3.05, 3.63) is 0 Å². The van der Waals surface area contributed by atoms with E-state index in [1.165, 1.54) is 0 Å². The molecule has 84 valence electrons. The van der Waals surface area contributed by atoms with Crippen molar-refractivity contribution in [2.45, 2.75) is 31.5 Å². The third-order valence-electron chi connectivity index (χ3n) is 2.17. The van der Waals surface area contributed by atoms with Gasteiger partial charge in [-0.15, -0.1) is 12.4 Å². The molecule has 0 unspecified atom stereocenters. The van der Waals surface area contributed by atoms with Gasteiger partial charge in [-0.2, -0.15) is 0 Å². The van der Waals surface area contributed by atoms with E-state index < -0.39 is 6.10 Å². The van der Waals surface area contributed by atoms with Crippen LogP contribution in [0, 0.1) is 0 Å². The normalized spacial score (nSPS) is 27.9. The van der Waals surface area contributed by atoms with E-state index in [0.717, 1.165) is 0 Å². The lowest BCUT2D eigenvalue weighted by Gasteiger charge is -2.15. The van der Waals surface area contributed by atoms with Crippen molar-refractivity contribution in [3.8, 4) is 0 Å². The molecule has 0 saturated carbocycles. The van der Waals surface area contributed by atoms with Crippen LogP contribution in [0.4, 0.5) is 0 Å². The topological polar surface area (TPSA) is 87.4 Å². The molecule has 0 aromatic rings. The summed E-state index contributed by atoms with van der Waals surface area (Å²) < 4.78 is 0. The molecule has 6 heteroatoms. The third-order valence-corrected chi connectivity index (χ3v) is 2.17. The molecule has 0 aromatic heterocycles. The fraction of sp³-hybridized carbons (Fsp3) is 0.875. The molecule has 5 N–H and O–H groups in total. The number of hydrogen-bond donors (Lipinski definition) is 4. The standard InChI is InChI=1S/C8H17N3O2.ClH/c1-5(3-9)11-8(13)7-2-6(12)4-10-7;/h5-7,10,12H,2-4,9H2,1H3,(H,11,13);1H/t5-,6+,7+;/m0./s1. The number of carbonyl (C=O) groups excluding carboxylic acids is 1. The minimum absolute atomic E-state index is 0. The van der Waals surface area contributed by atoms with Crippen LogP contribution in [0.2, 0.25) is 0 Å². The summed E-state index contributed by atoms with van der Waals surface area (Å²) in [6, 6.07) is -0.268. The molecule has 0 aromatic carbocycles. The van der Waals surface area contributed by atoms with Gasteiger partial charge < -0.3 is 21.5 Å². The summed E-state index contributed by atoms with van der Waals surface area (Å²) in [6.45, 7) is 2.78. The predicted octanol–water partition coefficient (Wildman–Crippen LogP) is -1.41. The zero-order valence-corrected chi connectivity index (χ0v) is 9.01. The Morgan fingerprint density at radius 1 is 1.79 bits per heavy atom. The van der Waals surface area contributed by atoms with Gasteiger partial charge >= 0.3 is 0 Å². The molecule has 5 nitrogen and oxygen atoms in total. The van der Waals surface area contributed by atoms with Gasteiger partial charge in [0.25, 0.3) is 0 Å². The summed E-state index contributed by atoms with van der Waals surface area (Å²) in [7, 11) is 0. The van der Waals surface area contributed by atoms with Gasteiger partial charge in [0.2, 0.25) is 5.91 Å². The Bertz CT molecular complexity index is 191. The van der Waals surface area contributed by atoms with Crippen molar-refractivity contribution in [3.63, 3.8) is 0 Å². The summed E-state index contributed by atoms with van der Waals surface area (Å²) in [5, 5.41) is 14.9. The molecule has 1 amide bonds. The molecular formula is C8H18ClN3O2. The van der Waals surface area contributed by atoms with Crippen molar-refractivity contribution in [2.24, 2.45) is 5.73 Å². The number of aliphatic hydroxyl groups excluding tert-OH is 1. The zero-order chi connectivity index (χ0) is 9.84. The second-order valence-electron chi connectivity index (χ2n) is 3.50. The van der Waals surface area contributed by atoms with Crippen LogP contribution >= 0.6 is 12.4 Å². The molecule has 1 aliphatic heterocycles. The number of rotatable bonds is 3. The van der Waals surface area contributed by atoms with E-state index in [1.54, 1.807) is 0 Å². The highest BCUT2D eigenvalue weighted by Crippen LogP contribution is 2.05. The maximum absolute atomic E-state index is 11.4. The van der Waals surface area contributed by atoms with Crippen LogP contribution in [-0.2, 0) is 4.79 Å². The Labute approximate surface area is 89.8 Å². The zero-order valence-electron chi connectivity index (χ0n) is 8.19. The largest absolute Gasteiger partial charge is 0.392 e. The quantitative estimate of drug-likeness (QED) is 0.474. The fourth-order valence-corrected chi connectivity index (χ4v) is 1.32. The average Bonchev–Trinajstić information content (AvgIpc) is 2.51. The number of aliphatic hydroxyl groups is 1. The highest BCUT2D eigenvalue weighted by Gasteiger charge is 2.28. The van der Waals surface area contributed by atoms with Crippen LogP contribution in [0.3, 0.4) is 0 Å². The summed E-state index contributed by atoms with van der Waals surface area (Å²) in [4.78, 5) is 11.4. The summed E-state index contributed by atoms with van der Waals surface area (Å²) in [6.07, 6.45) is 0.0901. The number of β-amino-alcohol motifs (C(OH)–C–C–N with tert-alkyl or cyclic N) is 1. The molecule has 0 bridgehead atoms. The maximum Gasteiger partial charge on any atom is 0.237 e. The van der Waals surface area contributed by atoms with Crippen LogP contribution in [0.25, 0.3) is 0 Å². The van der Waals surface area contributed by atoms with E-state index in [0.29, 0.717) is 19.5 Å². The Balaban J connectivity index is 0.00000169. The molecule has 14 heavy (non-hydrogen) atoms. The van der Waals surface area contributed by atoms with Crippen molar-refractivity contribution in [1.82, 2.24) is 10.6 Å². The molecule has 1 fully saturated rings. The Morgan fingerprint density at radius 2 is 2.43 bits per heavy atom. The Hall–Kier alpha value is -0.360. The second-order valence-corrected chi connectivity index (χ2v) is 3.50. The predicted molar refractivity (Wildman–Crippen MR) is 56.3 cm³/mol. The molecule has 0 aliphatic carbocycles. The maximum atomic E-state index is 11.4. The van der Waals surface area contributed by atoms with Gasteiger partial charge in [0.1, 0.15) is 0 Å². The van der Waals surface area contributed by atoms with Gasteiger partial charge in [0, 0.05) is 19.1 Å². The lowest BCUT2D eigenvalue weighted by Crippen LogP contribution is -2.46. The van der Waals surface area contributed by atoms with Crippen LogP contribution in [0.5, 0.6) is 0 Å². The van der Waals surface area contributed by atoms with Crippen molar-refractivity contribution in [1.29, 1.82) is 0 Å². The van der Waals surface area contributed by atoms with Crippen LogP contribution in [0.1, 0.15) is 13.3 Å². The first kappa shape index (κ1) is 13.6. The monoisotopic (exact) mass is 223 g/mol. The van der Waals surface area contributed by atoms with Gasteiger partial charge in [0.05, 0.1) is 12.1 Å². The molecule has 1 heterocycles. The van der Waals surface area contributed by atoms with Gasteiger partial charge in [-0.05, 0) is 13.3 Å². The smallest absolute Gasteiger partial charge is 0.237 e. The highest BCUT2D eigenvalue weighted by molar-refractivity contribution is 5.85. The fourth-order valence-electron chi connectivity index (χ4n) is 1.32. The van der Waals surface area contributed by atoms with E-state index in [9.17, 15) is 9.90 Å². The lowest BCUT2D eigenvalue weighted by atomic mass is 10.2. The van der Waals surface area contributed by atoms with Gasteiger partial charge in [0.15, 0.2) is 0 Å². The van der Waals surface area contributed by atoms with Gasteiger partial charge in [-0.1, -0.05) is 0 Å². The Kier molecular flexibility index (Phi) is 6.03. The first-order chi connectivity index (χ1) is 6.13. The van der Waals surface area contributed by atoms with Gasteiger partial charge in [-0.25, -0.2) is 0 Å². The average molecular weight is 224 g/mol. The van der Waals surface area contributed by atoms with Crippen molar-refractivity contribution in [2.75, 3.05) is 13.1 Å². The second kappa shape index (κ2) is 6.19. The number of carbonyl (C=O) groups is 1. The summed E-state index contributed by atoms with van der Waals surface area (Å²) in [5.41, 5.74) is 5.36. The number of nitrogens with one attached hydrogen (secondary N) is 2. The Morgan fingerprint density at radius 3 is 2.86 bits per heavy atom. The highest BCUT2D eigenvalue weighted by atomic mass is 35.5. The van der Waals surface area contributed by atoms with Gasteiger partial charge in [-0.3, -0.25) is 4.79 Å². The third kappa shape index (κ3) is 3.79. The molecule has 3 atom stereocenters. The number of hydrogen-bond acceptors (Lipinski definition) is 4. The lowest BCUT2D eigenvalue weighted by molar-refractivity contribution is -0.123. The van der Waals surface area contributed by atoms with E-state index >= 15 is 0 Å². The van der Waals surface area contributed by atoms with E-state index in [-0.39, 0.29) is 30.4 Å². The van der Waals surface area contributed by atoms with E-state index in [4.69, 9.17) is 5.73 Å². The molecular weight excluding hydrogens is 206 g/mol. The van der Waals surface area contributed by atoms with E-state index in [2.05, 4.69) is 10.6 Å². The van der Waals surface area contributed by atoms with Crippen LogP contribution < -0.4 is 16.4 Å². The molecule has 1 rings (SSSR count). The first-order valence-corrected chi connectivity index (χ1v) is 4.55. The summed E-state index contributed by atoms with van der Waals surface area (Å²) >= 11 is 0. The minimum Gasteiger partial charge on any atom is -0.392 e. The molecule has 0 spiro atoms. The first-order valence-electron chi connectivity index (χ1n) is 4.55. The molecule has 1 aliphatic rings. The number of halogens is 1. The van der Waals surface area contributed by atoms with E-state index in [1.807, 2.05) is 6.92 Å². The van der Waals surface area contributed by atoms with Crippen molar-refractivity contribution >= 4 is 18.3 Å². The molecule has 0 radical (unpaired) electrons. The molecule has 1 saturated heterocycles. The number of nitrogens with two attached hydrogens (primary N) is 1.